The third-order valence-corrected chi connectivity index (χ3v) is 6.77. The molecular formula is C15H20BrNOS. The minimum Gasteiger partial charge on any atom is -0.338 e. The van der Waals surface area contributed by atoms with Gasteiger partial charge in [-0.05, 0) is 59.2 Å². The molecule has 3 rings (SSSR count). The first-order valence-corrected chi connectivity index (χ1v) is 8.81. The first kappa shape index (κ1) is 13.6. The minimum absolute atomic E-state index is 0.239. The van der Waals surface area contributed by atoms with Gasteiger partial charge in [-0.3, -0.25) is 4.79 Å². The predicted molar refractivity (Wildman–Crippen MR) is 82.7 cm³/mol. The maximum Gasteiger partial charge on any atom is 0.263 e. The van der Waals surface area contributed by atoms with Gasteiger partial charge in [0.1, 0.15) is 0 Å². The van der Waals surface area contributed by atoms with Crippen LogP contribution in [0.4, 0.5) is 0 Å². The van der Waals surface area contributed by atoms with E-state index in [1.807, 2.05) is 13.0 Å². The highest BCUT2D eigenvalue weighted by Crippen LogP contribution is 2.37. The van der Waals surface area contributed by atoms with Crippen molar-refractivity contribution in [2.75, 3.05) is 13.1 Å². The Kier molecular flexibility index (Phi) is 3.99. The Morgan fingerprint density at radius 2 is 2.05 bits per heavy atom. The fourth-order valence-electron chi connectivity index (χ4n) is 3.51. The molecular weight excluding hydrogens is 322 g/mol. The Labute approximate surface area is 127 Å². The number of rotatable bonds is 1. The maximum absolute atomic E-state index is 12.6. The van der Waals surface area contributed by atoms with Gasteiger partial charge < -0.3 is 4.90 Å². The summed E-state index contributed by atoms with van der Waals surface area (Å²) in [5, 5.41) is 0. The SMILES string of the molecule is Cc1cc(C(=O)N2CCC3CCCCC3C2)sc1Br. The maximum atomic E-state index is 12.6. The molecule has 1 amide bonds. The Morgan fingerprint density at radius 3 is 2.74 bits per heavy atom. The van der Waals surface area contributed by atoms with Crippen molar-refractivity contribution in [3.8, 4) is 0 Å². The summed E-state index contributed by atoms with van der Waals surface area (Å²) in [7, 11) is 0. The van der Waals surface area contributed by atoms with Crippen LogP contribution in [0.1, 0.15) is 47.3 Å². The molecule has 0 radical (unpaired) electrons. The topological polar surface area (TPSA) is 20.3 Å². The highest BCUT2D eigenvalue weighted by Gasteiger charge is 2.33. The van der Waals surface area contributed by atoms with E-state index in [-0.39, 0.29) is 5.91 Å². The van der Waals surface area contributed by atoms with Crippen LogP contribution >= 0.6 is 27.3 Å². The number of fused-ring (bicyclic) bond motifs is 1. The van der Waals surface area contributed by atoms with E-state index in [0.717, 1.165) is 33.6 Å². The van der Waals surface area contributed by atoms with Crippen LogP contribution in [0.5, 0.6) is 0 Å². The van der Waals surface area contributed by atoms with E-state index in [9.17, 15) is 4.79 Å². The molecule has 2 aliphatic rings. The molecule has 2 heterocycles. The number of carbonyl (C=O) groups excluding carboxylic acids is 1. The summed E-state index contributed by atoms with van der Waals surface area (Å²) < 4.78 is 1.09. The van der Waals surface area contributed by atoms with Gasteiger partial charge in [0.25, 0.3) is 5.91 Å². The van der Waals surface area contributed by atoms with Crippen molar-refractivity contribution in [3.63, 3.8) is 0 Å². The number of nitrogens with zero attached hydrogens (tertiary/aromatic N) is 1. The smallest absolute Gasteiger partial charge is 0.263 e. The largest absolute Gasteiger partial charge is 0.338 e. The van der Waals surface area contributed by atoms with Gasteiger partial charge in [-0.1, -0.05) is 19.3 Å². The number of aryl methyl sites for hydroxylation is 1. The number of hydrogen-bond acceptors (Lipinski definition) is 2. The molecule has 0 aromatic carbocycles. The highest BCUT2D eigenvalue weighted by atomic mass is 79.9. The van der Waals surface area contributed by atoms with Crippen LogP contribution in [-0.2, 0) is 0 Å². The first-order valence-electron chi connectivity index (χ1n) is 7.20. The lowest BCUT2D eigenvalue weighted by Crippen LogP contribution is -2.44. The third-order valence-electron chi connectivity index (χ3n) is 4.65. The lowest BCUT2D eigenvalue weighted by Gasteiger charge is -2.41. The van der Waals surface area contributed by atoms with Crippen LogP contribution in [0.25, 0.3) is 0 Å². The van der Waals surface area contributed by atoms with Gasteiger partial charge in [-0.15, -0.1) is 11.3 Å². The van der Waals surface area contributed by atoms with E-state index < -0.39 is 0 Å². The van der Waals surface area contributed by atoms with Crippen molar-refractivity contribution in [2.24, 2.45) is 11.8 Å². The molecule has 2 fully saturated rings. The zero-order valence-corrected chi connectivity index (χ0v) is 13.7. The Bertz CT molecular complexity index is 465. The average molecular weight is 342 g/mol. The van der Waals surface area contributed by atoms with Crippen molar-refractivity contribution in [2.45, 2.75) is 39.0 Å². The average Bonchev–Trinajstić information content (AvgIpc) is 2.77. The van der Waals surface area contributed by atoms with E-state index in [4.69, 9.17) is 0 Å². The molecule has 1 saturated carbocycles. The molecule has 1 saturated heterocycles. The molecule has 2 nitrogen and oxygen atoms in total. The minimum atomic E-state index is 0.239. The Morgan fingerprint density at radius 1 is 1.32 bits per heavy atom. The second-order valence-corrected chi connectivity index (χ2v) is 8.28. The molecule has 2 unspecified atom stereocenters. The van der Waals surface area contributed by atoms with Crippen molar-refractivity contribution in [1.29, 1.82) is 0 Å². The van der Waals surface area contributed by atoms with Crippen LogP contribution in [0.15, 0.2) is 9.85 Å². The van der Waals surface area contributed by atoms with Gasteiger partial charge in [0.15, 0.2) is 0 Å². The number of carbonyl (C=O) groups is 1. The van der Waals surface area contributed by atoms with Crippen molar-refractivity contribution >= 4 is 33.2 Å². The molecule has 0 spiro atoms. The van der Waals surface area contributed by atoms with Crippen LogP contribution in [0.3, 0.4) is 0 Å². The molecule has 0 bridgehead atoms. The standard InChI is InChI=1S/C15H20BrNOS/c1-10-8-13(19-14(10)16)15(18)17-7-6-11-4-2-3-5-12(11)9-17/h8,11-12H,2-7,9H2,1H3. The monoisotopic (exact) mass is 341 g/mol. The molecule has 2 atom stereocenters. The molecule has 0 N–H and O–H groups in total. The summed E-state index contributed by atoms with van der Waals surface area (Å²) in [4.78, 5) is 15.5. The molecule has 104 valence electrons. The second-order valence-electron chi connectivity index (χ2n) is 5.91. The van der Waals surface area contributed by atoms with Gasteiger partial charge in [-0.25, -0.2) is 0 Å². The molecule has 19 heavy (non-hydrogen) atoms. The number of hydrogen-bond donors (Lipinski definition) is 0. The fourth-order valence-corrected chi connectivity index (χ4v) is 5.01. The van der Waals surface area contributed by atoms with Crippen LogP contribution in [0, 0.1) is 18.8 Å². The van der Waals surface area contributed by atoms with Crippen LogP contribution in [-0.4, -0.2) is 23.9 Å². The van der Waals surface area contributed by atoms with E-state index >= 15 is 0 Å². The van der Waals surface area contributed by atoms with Crippen molar-refractivity contribution < 1.29 is 4.79 Å². The van der Waals surface area contributed by atoms with Crippen molar-refractivity contribution in [1.82, 2.24) is 4.90 Å². The lowest BCUT2D eigenvalue weighted by atomic mass is 9.75. The lowest BCUT2D eigenvalue weighted by molar-refractivity contribution is 0.0525. The third kappa shape index (κ3) is 2.75. The number of thiophene rings is 1. The Balaban J connectivity index is 1.70. The van der Waals surface area contributed by atoms with Gasteiger partial charge in [0.2, 0.25) is 0 Å². The summed E-state index contributed by atoms with van der Waals surface area (Å²) in [6.45, 7) is 3.98. The van der Waals surface area contributed by atoms with E-state index in [1.165, 1.54) is 37.7 Å². The van der Waals surface area contributed by atoms with E-state index in [0.29, 0.717) is 0 Å². The normalized spacial score (nSPS) is 27.2. The zero-order valence-electron chi connectivity index (χ0n) is 11.3. The predicted octanol–water partition coefficient (Wildman–Crippen LogP) is 4.47. The van der Waals surface area contributed by atoms with Gasteiger partial charge in [-0.2, -0.15) is 0 Å². The molecule has 1 aromatic rings. The fraction of sp³-hybridized carbons (Fsp3) is 0.667. The van der Waals surface area contributed by atoms with Crippen molar-refractivity contribution in [3.05, 3.63) is 20.3 Å². The van der Waals surface area contributed by atoms with E-state index in [2.05, 4.69) is 20.8 Å². The van der Waals surface area contributed by atoms with Crippen LogP contribution in [0.2, 0.25) is 0 Å². The molecule has 1 aromatic heterocycles. The zero-order chi connectivity index (χ0) is 13.4. The van der Waals surface area contributed by atoms with Gasteiger partial charge in [0.05, 0.1) is 8.66 Å². The number of likely N-dealkylation sites (tertiary alicyclic amines) is 1. The summed E-state index contributed by atoms with van der Waals surface area (Å²) >= 11 is 5.08. The number of piperidine rings is 1. The molecule has 1 aliphatic carbocycles. The summed E-state index contributed by atoms with van der Waals surface area (Å²) in [6, 6.07) is 2.02. The summed E-state index contributed by atoms with van der Waals surface area (Å²) in [5.41, 5.74) is 1.17. The second kappa shape index (κ2) is 5.57. The quantitative estimate of drug-likeness (QED) is 0.737. The van der Waals surface area contributed by atoms with Gasteiger partial charge >= 0.3 is 0 Å². The van der Waals surface area contributed by atoms with Gasteiger partial charge in [0, 0.05) is 13.1 Å². The summed E-state index contributed by atoms with van der Waals surface area (Å²) in [5.74, 6) is 1.88. The van der Waals surface area contributed by atoms with E-state index in [1.54, 1.807) is 11.3 Å². The summed E-state index contributed by atoms with van der Waals surface area (Å²) in [6.07, 6.45) is 6.67. The Hall–Kier alpha value is -0.350. The molecule has 1 aliphatic heterocycles. The first-order chi connectivity index (χ1) is 9.15. The number of halogens is 1. The number of amides is 1. The highest BCUT2D eigenvalue weighted by molar-refractivity contribution is 9.11. The molecule has 4 heteroatoms. The van der Waals surface area contributed by atoms with Crippen LogP contribution < -0.4 is 0 Å².